The lowest BCUT2D eigenvalue weighted by Crippen LogP contribution is -2.05. The van der Waals surface area contributed by atoms with E-state index in [1.54, 1.807) is 14.2 Å². The Morgan fingerprint density at radius 1 is 0.947 bits per heavy atom. The third-order valence-corrected chi connectivity index (χ3v) is 3.08. The molecule has 19 heavy (non-hydrogen) atoms. The van der Waals surface area contributed by atoms with Crippen molar-refractivity contribution in [1.82, 2.24) is 0 Å². The number of hydrogen-bond acceptors (Lipinski definition) is 3. The van der Waals surface area contributed by atoms with Crippen LogP contribution >= 0.6 is 0 Å². The molecule has 0 spiro atoms. The lowest BCUT2D eigenvalue weighted by molar-refractivity contribution is 0.208. The highest BCUT2D eigenvalue weighted by Gasteiger charge is 2.20. The molecule has 0 aliphatic carbocycles. The fraction of sp³-hybridized carbons (Fsp3) is 0.250. The first-order valence-corrected chi connectivity index (χ1v) is 6.13. The summed E-state index contributed by atoms with van der Waals surface area (Å²) in [7, 11) is 3.19. The molecule has 1 atom stereocenters. The summed E-state index contributed by atoms with van der Waals surface area (Å²) in [5.74, 6) is 1.27. The number of aliphatic hydroxyl groups excluding tert-OH is 1. The third kappa shape index (κ3) is 2.71. The summed E-state index contributed by atoms with van der Waals surface area (Å²) in [5.41, 5.74) is 2.49. The van der Waals surface area contributed by atoms with Gasteiger partial charge in [0.25, 0.3) is 0 Å². The van der Waals surface area contributed by atoms with Gasteiger partial charge in [0.1, 0.15) is 17.6 Å². The number of benzene rings is 2. The molecule has 2 aromatic rings. The van der Waals surface area contributed by atoms with Gasteiger partial charge in [0.2, 0.25) is 0 Å². The van der Waals surface area contributed by atoms with Crippen LogP contribution in [0.1, 0.15) is 22.8 Å². The Morgan fingerprint density at radius 3 is 1.95 bits per heavy atom. The molecule has 1 N–H and O–H groups in total. The van der Waals surface area contributed by atoms with Gasteiger partial charge in [-0.25, -0.2) is 0 Å². The molecule has 2 rings (SSSR count). The molecule has 0 amide bonds. The Kier molecular flexibility index (Phi) is 4.07. The maximum atomic E-state index is 10.5. The molecule has 0 heterocycles. The number of hydrogen-bond donors (Lipinski definition) is 1. The van der Waals surface area contributed by atoms with Crippen LogP contribution in [0.5, 0.6) is 11.5 Å². The molecule has 0 saturated heterocycles. The second-order valence-electron chi connectivity index (χ2n) is 4.40. The van der Waals surface area contributed by atoms with Crippen LogP contribution in [-0.2, 0) is 0 Å². The van der Waals surface area contributed by atoms with E-state index in [0.717, 1.165) is 11.1 Å². The summed E-state index contributed by atoms with van der Waals surface area (Å²) in [4.78, 5) is 0. The van der Waals surface area contributed by atoms with Gasteiger partial charge in [0, 0.05) is 0 Å². The van der Waals surface area contributed by atoms with E-state index in [2.05, 4.69) is 0 Å². The topological polar surface area (TPSA) is 38.7 Å². The summed E-state index contributed by atoms with van der Waals surface area (Å²) in [5, 5.41) is 10.5. The SMILES string of the molecule is COc1cc(C)cc(OC)c1C(O)c1ccccc1. The van der Waals surface area contributed by atoms with Crippen molar-refractivity contribution in [3.05, 3.63) is 59.2 Å². The average molecular weight is 258 g/mol. The largest absolute Gasteiger partial charge is 0.496 e. The summed E-state index contributed by atoms with van der Waals surface area (Å²) >= 11 is 0. The highest BCUT2D eigenvalue weighted by molar-refractivity contribution is 5.51. The van der Waals surface area contributed by atoms with E-state index >= 15 is 0 Å². The molecule has 0 radical (unpaired) electrons. The second-order valence-corrected chi connectivity index (χ2v) is 4.40. The van der Waals surface area contributed by atoms with E-state index in [0.29, 0.717) is 17.1 Å². The van der Waals surface area contributed by atoms with Crippen molar-refractivity contribution in [2.75, 3.05) is 14.2 Å². The van der Waals surface area contributed by atoms with E-state index in [1.807, 2.05) is 49.4 Å². The van der Waals surface area contributed by atoms with Crippen LogP contribution in [0, 0.1) is 6.92 Å². The first kappa shape index (κ1) is 13.4. The smallest absolute Gasteiger partial charge is 0.129 e. The van der Waals surface area contributed by atoms with Gasteiger partial charge < -0.3 is 14.6 Å². The quantitative estimate of drug-likeness (QED) is 0.915. The number of aryl methyl sites for hydroxylation is 1. The van der Waals surface area contributed by atoms with Crippen molar-refractivity contribution < 1.29 is 14.6 Å². The number of rotatable bonds is 4. The van der Waals surface area contributed by atoms with E-state index < -0.39 is 6.10 Å². The van der Waals surface area contributed by atoms with Crippen molar-refractivity contribution in [3.8, 4) is 11.5 Å². The van der Waals surface area contributed by atoms with Gasteiger partial charge in [0.05, 0.1) is 19.8 Å². The van der Waals surface area contributed by atoms with E-state index in [1.165, 1.54) is 0 Å². The predicted octanol–water partition coefficient (Wildman–Crippen LogP) is 3.09. The molecule has 3 nitrogen and oxygen atoms in total. The van der Waals surface area contributed by atoms with Crippen molar-refractivity contribution in [1.29, 1.82) is 0 Å². The van der Waals surface area contributed by atoms with Crippen LogP contribution < -0.4 is 9.47 Å². The normalized spacial score (nSPS) is 12.0. The molecule has 0 aliphatic heterocycles. The number of ether oxygens (including phenoxy) is 2. The van der Waals surface area contributed by atoms with Gasteiger partial charge in [-0.05, 0) is 30.2 Å². The standard InChI is InChI=1S/C16H18O3/c1-11-9-13(18-2)15(14(10-11)19-3)16(17)12-7-5-4-6-8-12/h4-10,16-17H,1-3H3. The molecule has 0 aromatic heterocycles. The molecule has 100 valence electrons. The molecular formula is C16H18O3. The number of aliphatic hydroxyl groups is 1. The first-order chi connectivity index (χ1) is 9.17. The summed E-state index contributed by atoms with van der Waals surface area (Å²) in [6.07, 6.45) is -0.772. The first-order valence-electron chi connectivity index (χ1n) is 6.13. The molecular weight excluding hydrogens is 240 g/mol. The second kappa shape index (κ2) is 5.76. The van der Waals surface area contributed by atoms with Gasteiger partial charge in [-0.2, -0.15) is 0 Å². The maximum Gasteiger partial charge on any atom is 0.129 e. The van der Waals surface area contributed by atoms with E-state index in [-0.39, 0.29) is 0 Å². The Labute approximate surface area is 113 Å². The van der Waals surface area contributed by atoms with E-state index in [9.17, 15) is 5.11 Å². The van der Waals surface area contributed by atoms with Crippen LogP contribution in [0.4, 0.5) is 0 Å². The van der Waals surface area contributed by atoms with Crippen molar-refractivity contribution in [2.45, 2.75) is 13.0 Å². The molecule has 0 saturated carbocycles. The van der Waals surface area contributed by atoms with Crippen molar-refractivity contribution in [2.24, 2.45) is 0 Å². The highest BCUT2D eigenvalue weighted by atomic mass is 16.5. The van der Waals surface area contributed by atoms with Gasteiger partial charge in [0.15, 0.2) is 0 Å². The lowest BCUT2D eigenvalue weighted by Gasteiger charge is -2.19. The molecule has 0 aliphatic rings. The zero-order valence-corrected chi connectivity index (χ0v) is 11.4. The van der Waals surface area contributed by atoms with Crippen molar-refractivity contribution in [3.63, 3.8) is 0 Å². The maximum absolute atomic E-state index is 10.5. The zero-order valence-electron chi connectivity index (χ0n) is 11.4. The molecule has 2 aromatic carbocycles. The van der Waals surface area contributed by atoms with Gasteiger partial charge in [-0.3, -0.25) is 0 Å². The molecule has 0 fully saturated rings. The van der Waals surface area contributed by atoms with Crippen LogP contribution in [0.2, 0.25) is 0 Å². The van der Waals surface area contributed by atoms with Gasteiger partial charge >= 0.3 is 0 Å². The Balaban J connectivity index is 2.54. The fourth-order valence-corrected chi connectivity index (χ4v) is 2.14. The zero-order chi connectivity index (χ0) is 13.8. The predicted molar refractivity (Wildman–Crippen MR) is 74.8 cm³/mol. The average Bonchev–Trinajstić information content (AvgIpc) is 2.46. The Morgan fingerprint density at radius 2 is 1.47 bits per heavy atom. The molecule has 0 bridgehead atoms. The highest BCUT2D eigenvalue weighted by Crippen LogP contribution is 2.38. The van der Waals surface area contributed by atoms with Crippen LogP contribution in [0.15, 0.2) is 42.5 Å². The van der Waals surface area contributed by atoms with E-state index in [4.69, 9.17) is 9.47 Å². The third-order valence-electron chi connectivity index (χ3n) is 3.08. The fourth-order valence-electron chi connectivity index (χ4n) is 2.14. The summed E-state index contributed by atoms with van der Waals surface area (Å²) < 4.78 is 10.7. The minimum atomic E-state index is -0.772. The van der Waals surface area contributed by atoms with Gasteiger partial charge in [-0.15, -0.1) is 0 Å². The molecule has 3 heteroatoms. The number of methoxy groups -OCH3 is 2. The summed E-state index contributed by atoms with van der Waals surface area (Å²) in [6.45, 7) is 1.96. The van der Waals surface area contributed by atoms with Crippen LogP contribution in [-0.4, -0.2) is 19.3 Å². The minimum absolute atomic E-state index is 0.633. The molecule has 1 unspecified atom stereocenters. The Bertz CT molecular complexity index is 524. The minimum Gasteiger partial charge on any atom is -0.496 e. The van der Waals surface area contributed by atoms with Crippen LogP contribution in [0.3, 0.4) is 0 Å². The lowest BCUT2D eigenvalue weighted by atomic mass is 9.98. The van der Waals surface area contributed by atoms with Crippen LogP contribution in [0.25, 0.3) is 0 Å². The monoisotopic (exact) mass is 258 g/mol. The van der Waals surface area contributed by atoms with Crippen molar-refractivity contribution >= 4 is 0 Å². The van der Waals surface area contributed by atoms with Gasteiger partial charge in [-0.1, -0.05) is 30.3 Å². The summed E-state index contributed by atoms with van der Waals surface area (Å²) in [6, 6.07) is 13.2. The Hall–Kier alpha value is -2.00.